The Labute approximate surface area is 94.9 Å². The molecule has 90 valence electrons. The molecule has 0 aromatic carbocycles. The van der Waals surface area contributed by atoms with E-state index in [0.717, 1.165) is 6.42 Å². The number of furan rings is 1. The van der Waals surface area contributed by atoms with Crippen LogP contribution in [-0.4, -0.2) is 12.5 Å². The molecule has 16 heavy (non-hydrogen) atoms. The normalized spacial score (nSPS) is 10.8. The summed E-state index contributed by atoms with van der Waals surface area (Å²) in [5.74, 6) is 5.88. The molecule has 1 heterocycles. The van der Waals surface area contributed by atoms with Gasteiger partial charge in [0, 0.05) is 6.61 Å². The summed E-state index contributed by atoms with van der Waals surface area (Å²) in [6.45, 7) is 5.35. The van der Waals surface area contributed by atoms with Crippen LogP contribution in [0.2, 0.25) is 0 Å². The van der Waals surface area contributed by atoms with Crippen molar-refractivity contribution in [2.75, 3.05) is 6.61 Å². The summed E-state index contributed by atoms with van der Waals surface area (Å²) in [4.78, 5) is 11.1. The molecule has 1 rings (SSSR count). The highest BCUT2D eigenvalue weighted by Crippen LogP contribution is 2.09. The molecule has 0 spiro atoms. The zero-order chi connectivity index (χ0) is 12.0. The summed E-state index contributed by atoms with van der Waals surface area (Å²) in [6.07, 6.45) is 2.38. The van der Waals surface area contributed by atoms with Crippen LogP contribution in [0.3, 0.4) is 0 Å². The molecule has 0 aliphatic heterocycles. The van der Waals surface area contributed by atoms with Crippen molar-refractivity contribution in [1.29, 1.82) is 0 Å². The summed E-state index contributed by atoms with van der Waals surface area (Å²) in [6, 6.07) is 1.62. The number of hydrazine groups is 1. The Kier molecular flexibility index (Phi) is 5.01. The Morgan fingerprint density at radius 1 is 1.62 bits per heavy atom. The van der Waals surface area contributed by atoms with Gasteiger partial charge in [0.15, 0.2) is 0 Å². The van der Waals surface area contributed by atoms with Crippen LogP contribution in [0, 0.1) is 5.92 Å². The zero-order valence-corrected chi connectivity index (χ0v) is 9.66. The second kappa shape index (κ2) is 6.30. The van der Waals surface area contributed by atoms with E-state index in [2.05, 4.69) is 13.8 Å². The van der Waals surface area contributed by atoms with E-state index in [1.807, 2.05) is 5.43 Å². The maximum Gasteiger partial charge on any atom is 0.268 e. The summed E-state index contributed by atoms with van der Waals surface area (Å²) >= 11 is 0. The lowest BCUT2D eigenvalue weighted by Crippen LogP contribution is -2.29. The molecule has 0 saturated heterocycles. The van der Waals surface area contributed by atoms with Crippen LogP contribution >= 0.6 is 0 Å². The van der Waals surface area contributed by atoms with E-state index in [1.54, 1.807) is 6.07 Å². The molecule has 0 radical (unpaired) electrons. The van der Waals surface area contributed by atoms with Gasteiger partial charge >= 0.3 is 0 Å². The molecule has 0 atom stereocenters. The van der Waals surface area contributed by atoms with E-state index in [9.17, 15) is 4.79 Å². The molecule has 0 fully saturated rings. The SMILES string of the molecule is CC(C)CCOCc1cc(C(=O)NN)co1. The number of amides is 1. The molecular weight excluding hydrogens is 208 g/mol. The molecule has 0 aliphatic carbocycles. The first-order valence-corrected chi connectivity index (χ1v) is 5.29. The third-order valence-corrected chi connectivity index (χ3v) is 2.13. The highest BCUT2D eigenvalue weighted by Gasteiger charge is 2.08. The van der Waals surface area contributed by atoms with Crippen molar-refractivity contribution in [3.8, 4) is 0 Å². The highest BCUT2D eigenvalue weighted by molar-refractivity contribution is 5.93. The summed E-state index contributed by atoms with van der Waals surface area (Å²) in [5, 5.41) is 0. The summed E-state index contributed by atoms with van der Waals surface area (Å²) < 4.78 is 10.6. The maximum absolute atomic E-state index is 11.1. The quantitative estimate of drug-likeness (QED) is 0.333. The fraction of sp³-hybridized carbons (Fsp3) is 0.545. The van der Waals surface area contributed by atoms with Gasteiger partial charge in [-0.3, -0.25) is 10.2 Å². The molecule has 0 saturated carbocycles. The van der Waals surface area contributed by atoms with Crippen LogP contribution in [0.4, 0.5) is 0 Å². The molecule has 5 nitrogen and oxygen atoms in total. The van der Waals surface area contributed by atoms with Gasteiger partial charge in [0.05, 0.1) is 5.56 Å². The zero-order valence-electron chi connectivity index (χ0n) is 9.66. The van der Waals surface area contributed by atoms with Crippen molar-refractivity contribution in [2.45, 2.75) is 26.9 Å². The van der Waals surface area contributed by atoms with Crippen LogP contribution in [0.25, 0.3) is 0 Å². The average Bonchev–Trinajstić information content (AvgIpc) is 2.71. The van der Waals surface area contributed by atoms with Crippen molar-refractivity contribution in [1.82, 2.24) is 5.43 Å². The number of nitrogens with one attached hydrogen (secondary N) is 1. The van der Waals surface area contributed by atoms with Gasteiger partial charge in [-0.2, -0.15) is 0 Å². The van der Waals surface area contributed by atoms with Crippen LogP contribution in [0.1, 0.15) is 36.4 Å². The Morgan fingerprint density at radius 2 is 2.38 bits per heavy atom. The van der Waals surface area contributed by atoms with Crippen LogP contribution in [0.5, 0.6) is 0 Å². The van der Waals surface area contributed by atoms with Crippen LogP contribution < -0.4 is 11.3 Å². The van der Waals surface area contributed by atoms with Crippen molar-refractivity contribution < 1.29 is 13.9 Å². The van der Waals surface area contributed by atoms with Crippen molar-refractivity contribution in [2.24, 2.45) is 11.8 Å². The number of nitrogen functional groups attached to an aromatic ring is 1. The van der Waals surface area contributed by atoms with Crippen molar-refractivity contribution >= 4 is 5.91 Å². The largest absolute Gasteiger partial charge is 0.466 e. The number of nitrogens with two attached hydrogens (primary N) is 1. The lowest BCUT2D eigenvalue weighted by atomic mass is 10.1. The van der Waals surface area contributed by atoms with Gasteiger partial charge in [-0.05, 0) is 18.4 Å². The Morgan fingerprint density at radius 3 is 3.00 bits per heavy atom. The molecule has 3 N–H and O–H groups in total. The van der Waals surface area contributed by atoms with Gasteiger partial charge in [0.25, 0.3) is 5.91 Å². The minimum Gasteiger partial charge on any atom is -0.466 e. The van der Waals surface area contributed by atoms with Gasteiger partial charge in [0.1, 0.15) is 18.6 Å². The molecule has 0 unspecified atom stereocenters. The minimum atomic E-state index is -0.364. The monoisotopic (exact) mass is 226 g/mol. The second-order valence-electron chi connectivity index (χ2n) is 4.01. The van der Waals surface area contributed by atoms with Gasteiger partial charge in [-0.15, -0.1) is 0 Å². The van der Waals surface area contributed by atoms with E-state index >= 15 is 0 Å². The molecule has 1 aromatic heterocycles. The fourth-order valence-corrected chi connectivity index (χ4v) is 1.15. The second-order valence-corrected chi connectivity index (χ2v) is 4.01. The Bertz CT molecular complexity index is 334. The van der Waals surface area contributed by atoms with Gasteiger partial charge < -0.3 is 9.15 Å². The molecule has 1 amide bonds. The first-order valence-electron chi connectivity index (χ1n) is 5.29. The minimum absolute atomic E-state index is 0.364. The summed E-state index contributed by atoms with van der Waals surface area (Å²) in [5.41, 5.74) is 2.44. The number of rotatable bonds is 6. The van der Waals surface area contributed by atoms with E-state index in [-0.39, 0.29) is 5.91 Å². The predicted molar refractivity (Wildman–Crippen MR) is 59.5 cm³/mol. The van der Waals surface area contributed by atoms with Crippen LogP contribution in [0.15, 0.2) is 16.7 Å². The molecule has 1 aromatic rings. The van der Waals surface area contributed by atoms with E-state index in [4.69, 9.17) is 15.0 Å². The van der Waals surface area contributed by atoms with E-state index in [1.165, 1.54) is 6.26 Å². The topological polar surface area (TPSA) is 77.5 Å². The van der Waals surface area contributed by atoms with E-state index in [0.29, 0.717) is 30.5 Å². The van der Waals surface area contributed by atoms with Crippen molar-refractivity contribution in [3.63, 3.8) is 0 Å². The number of hydrogen-bond acceptors (Lipinski definition) is 4. The molecule has 0 aliphatic rings. The summed E-state index contributed by atoms with van der Waals surface area (Å²) in [7, 11) is 0. The van der Waals surface area contributed by atoms with Crippen LogP contribution in [-0.2, 0) is 11.3 Å². The molecular formula is C11H18N2O3. The standard InChI is InChI=1S/C11H18N2O3/c1-8(2)3-4-15-7-10-5-9(6-16-10)11(14)13-12/h5-6,8H,3-4,7,12H2,1-2H3,(H,13,14). The number of ether oxygens (including phenoxy) is 1. The Hall–Kier alpha value is -1.33. The van der Waals surface area contributed by atoms with Gasteiger partial charge in [0.2, 0.25) is 0 Å². The van der Waals surface area contributed by atoms with Crippen molar-refractivity contribution in [3.05, 3.63) is 23.7 Å². The molecule has 5 heteroatoms. The lowest BCUT2D eigenvalue weighted by Gasteiger charge is -2.04. The lowest BCUT2D eigenvalue weighted by molar-refractivity contribution is 0.0952. The number of hydrogen-bond donors (Lipinski definition) is 2. The highest BCUT2D eigenvalue weighted by atomic mass is 16.5. The number of carbonyl (C=O) groups excluding carboxylic acids is 1. The third kappa shape index (κ3) is 4.04. The smallest absolute Gasteiger partial charge is 0.268 e. The maximum atomic E-state index is 11.1. The first kappa shape index (κ1) is 12.7. The number of carbonyl (C=O) groups is 1. The van der Waals surface area contributed by atoms with Gasteiger partial charge in [-0.25, -0.2) is 5.84 Å². The average molecular weight is 226 g/mol. The Balaban J connectivity index is 2.32. The molecule has 0 bridgehead atoms. The third-order valence-electron chi connectivity index (χ3n) is 2.13. The fourth-order valence-electron chi connectivity index (χ4n) is 1.15. The van der Waals surface area contributed by atoms with Gasteiger partial charge in [-0.1, -0.05) is 13.8 Å². The van der Waals surface area contributed by atoms with E-state index < -0.39 is 0 Å². The first-order chi connectivity index (χ1) is 7.63. The predicted octanol–water partition coefficient (Wildman–Crippen LogP) is 1.45.